The van der Waals surface area contributed by atoms with Gasteiger partial charge in [-0.25, -0.2) is 4.98 Å². The van der Waals surface area contributed by atoms with E-state index >= 15 is 0 Å². The van der Waals surface area contributed by atoms with Gasteiger partial charge in [-0.3, -0.25) is 0 Å². The van der Waals surface area contributed by atoms with Crippen molar-refractivity contribution in [3.8, 4) is 0 Å². The zero-order valence-electron chi connectivity index (χ0n) is 17.2. The number of rotatable bonds is 4. The van der Waals surface area contributed by atoms with Gasteiger partial charge in [-0.1, -0.05) is 18.2 Å². The molecule has 0 radical (unpaired) electrons. The van der Waals surface area contributed by atoms with Gasteiger partial charge in [0.05, 0.1) is 17.1 Å². The molecular weight excluding hydrogens is 370 g/mol. The Morgan fingerprint density at radius 2 is 1.75 bits per heavy atom. The van der Waals surface area contributed by atoms with Gasteiger partial charge in [-0.15, -0.1) is 12.4 Å². The van der Waals surface area contributed by atoms with Crippen LogP contribution in [0.4, 0.5) is 11.4 Å². The summed E-state index contributed by atoms with van der Waals surface area (Å²) in [7, 11) is 0. The number of hydrogen-bond donors (Lipinski definition) is 2. The van der Waals surface area contributed by atoms with Gasteiger partial charge in [0, 0.05) is 44.6 Å². The minimum atomic E-state index is 0. The summed E-state index contributed by atoms with van der Waals surface area (Å²) in [6.07, 6.45) is 2.24. The molecule has 0 aliphatic carbocycles. The van der Waals surface area contributed by atoms with Gasteiger partial charge < -0.3 is 19.9 Å². The molecule has 3 aromatic rings. The molecule has 1 fully saturated rings. The first kappa shape index (κ1) is 20.5. The zero-order chi connectivity index (χ0) is 19.0. The summed E-state index contributed by atoms with van der Waals surface area (Å²) in [6, 6.07) is 8.75. The van der Waals surface area contributed by atoms with E-state index in [4.69, 9.17) is 4.98 Å². The highest BCUT2D eigenvalue weighted by Crippen LogP contribution is 2.28. The van der Waals surface area contributed by atoms with E-state index in [1.54, 1.807) is 0 Å². The minimum Gasteiger partial charge on any atom is -0.378 e. The lowest BCUT2D eigenvalue weighted by molar-refractivity contribution is 0.588. The normalized spacial score (nSPS) is 14.2. The molecule has 6 heteroatoms. The van der Waals surface area contributed by atoms with E-state index in [2.05, 4.69) is 78.1 Å². The highest BCUT2D eigenvalue weighted by atomic mass is 35.5. The number of benzene rings is 1. The second-order valence-electron chi connectivity index (χ2n) is 7.55. The van der Waals surface area contributed by atoms with Crippen LogP contribution < -0.4 is 15.5 Å². The van der Waals surface area contributed by atoms with Crippen LogP contribution in [0.25, 0.3) is 5.65 Å². The summed E-state index contributed by atoms with van der Waals surface area (Å²) < 4.78 is 2.24. The van der Waals surface area contributed by atoms with Crippen molar-refractivity contribution in [3.05, 3.63) is 58.5 Å². The third-order valence-electron chi connectivity index (χ3n) is 5.76. The lowest BCUT2D eigenvalue weighted by Crippen LogP contribution is -2.43. The van der Waals surface area contributed by atoms with Crippen LogP contribution in [0.15, 0.2) is 30.5 Å². The second-order valence-corrected chi connectivity index (χ2v) is 7.55. The molecule has 0 spiro atoms. The van der Waals surface area contributed by atoms with Crippen LogP contribution >= 0.6 is 12.4 Å². The number of fused-ring (bicyclic) bond motifs is 1. The van der Waals surface area contributed by atoms with Gasteiger partial charge in [0.1, 0.15) is 0 Å². The lowest BCUT2D eigenvalue weighted by Gasteiger charge is -2.30. The fraction of sp³-hybridized carbons (Fsp3) is 0.409. The number of nitrogens with zero attached hydrogens (tertiary/aromatic N) is 3. The first-order valence-electron chi connectivity index (χ1n) is 9.78. The smallest absolute Gasteiger partial charge is 0.160 e. The fourth-order valence-electron chi connectivity index (χ4n) is 3.89. The van der Waals surface area contributed by atoms with Crippen LogP contribution in [0.1, 0.15) is 28.1 Å². The van der Waals surface area contributed by atoms with Crippen molar-refractivity contribution in [3.63, 3.8) is 0 Å². The van der Waals surface area contributed by atoms with E-state index in [9.17, 15) is 0 Å². The Morgan fingerprint density at radius 1 is 1.07 bits per heavy atom. The van der Waals surface area contributed by atoms with Crippen molar-refractivity contribution in [2.75, 3.05) is 36.4 Å². The van der Waals surface area contributed by atoms with E-state index in [1.165, 1.54) is 28.1 Å². The standard InChI is InChI=1S/C22H29N5.ClH/c1-15-6-5-7-16(2)20(15)13-24-21-12-19(26-10-8-23-9-11-26)14-27-18(4)17(3)25-22(21)27;/h5-7,12,14,23-24H,8-11,13H2,1-4H3;1H. The van der Waals surface area contributed by atoms with Crippen LogP contribution in [0, 0.1) is 27.7 Å². The van der Waals surface area contributed by atoms with E-state index in [0.717, 1.165) is 49.8 Å². The van der Waals surface area contributed by atoms with Crippen molar-refractivity contribution in [1.82, 2.24) is 14.7 Å². The van der Waals surface area contributed by atoms with Gasteiger partial charge >= 0.3 is 0 Å². The number of pyridine rings is 1. The highest BCUT2D eigenvalue weighted by molar-refractivity contribution is 5.85. The summed E-state index contributed by atoms with van der Waals surface area (Å²) in [4.78, 5) is 7.28. The molecule has 0 unspecified atom stereocenters. The van der Waals surface area contributed by atoms with Crippen LogP contribution in [-0.4, -0.2) is 35.6 Å². The number of aromatic nitrogens is 2. The summed E-state index contributed by atoms with van der Waals surface area (Å²) in [5.41, 5.74) is 9.68. The molecule has 28 heavy (non-hydrogen) atoms. The largest absolute Gasteiger partial charge is 0.378 e. The van der Waals surface area contributed by atoms with E-state index in [-0.39, 0.29) is 12.4 Å². The Hall–Kier alpha value is -2.24. The van der Waals surface area contributed by atoms with Gasteiger partial charge in [-0.05, 0) is 50.5 Å². The molecule has 2 N–H and O–H groups in total. The number of halogens is 1. The van der Waals surface area contributed by atoms with E-state index < -0.39 is 0 Å². The number of nitrogens with one attached hydrogen (secondary N) is 2. The van der Waals surface area contributed by atoms with Crippen molar-refractivity contribution < 1.29 is 0 Å². The van der Waals surface area contributed by atoms with Crippen molar-refractivity contribution >= 4 is 29.4 Å². The Kier molecular flexibility index (Phi) is 6.16. The Bertz CT molecular complexity index is 952. The maximum Gasteiger partial charge on any atom is 0.160 e. The minimum absolute atomic E-state index is 0. The quantitative estimate of drug-likeness (QED) is 0.695. The van der Waals surface area contributed by atoms with Crippen molar-refractivity contribution in [2.24, 2.45) is 0 Å². The van der Waals surface area contributed by atoms with Crippen LogP contribution in [0.5, 0.6) is 0 Å². The number of piperazine rings is 1. The summed E-state index contributed by atoms with van der Waals surface area (Å²) in [5, 5.41) is 7.11. The summed E-state index contributed by atoms with van der Waals surface area (Å²) in [5.74, 6) is 0. The molecule has 1 aliphatic rings. The van der Waals surface area contributed by atoms with Crippen LogP contribution in [0.2, 0.25) is 0 Å². The average molecular weight is 400 g/mol. The molecule has 0 bridgehead atoms. The molecule has 1 aliphatic heterocycles. The highest BCUT2D eigenvalue weighted by Gasteiger charge is 2.16. The number of anilines is 2. The molecule has 0 saturated carbocycles. The van der Waals surface area contributed by atoms with Crippen LogP contribution in [0.3, 0.4) is 0 Å². The van der Waals surface area contributed by atoms with Gasteiger partial charge in [-0.2, -0.15) is 0 Å². The lowest BCUT2D eigenvalue weighted by atomic mass is 10.0. The Labute approximate surface area is 173 Å². The third-order valence-corrected chi connectivity index (χ3v) is 5.76. The van der Waals surface area contributed by atoms with Gasteiger partial charge in [0.2, 0.25) is 0 Å². The Morgan fingerprint density at radius 3 is 2.43 bits per heavy atom. The molecule has 3 heterocycles. The number of hydrogen-bond acceptors (Lipinski definition) is 4. The maximum absolute atomic E-state index is 4.83. The van der Waals surface area contributed by atoms with Gasteiger partial charge in [0.15, 0.2) is 5.65 Å². The van der Waals surface area contributed by atoms with E-state index in [1.807, 2.05) is 0 Å². The molecule has 1 saturated heterocycles. The monoisotopic (exact) mass is 399 g/mol. The molecular formula is C22H30ClN5. The average Bonchev–Trinajstić information content (AvgIpc) is 2.96. The van der Waals surface area contributed by atoms with Gasteiger partial charge in [0.25, 0.3) is 0 Å². The molecule has 5 nitrogen and oxygen atoms in total. The first-order chi connectivity index (χ1) is 13.0. The molecule has 4 rings (SSSR count). The molecule has 150 valence electrons. The predicted octanol–water partition coefficient (Wildman–Crippen LogP) is 4.01. The van der Waals surface area contributed by atoms with Crippen molar-refractivity contribution in [2.45, 2.75) is 34.2 Å². The van der Waals surface area contributed by atoms with Crippen LogP contribution in [-0.2, 0) is 6.54 Å². The second kappa shape index (κ2) is 8.41. The molecule has 2 aromatic heterocycles. The number of aryl methyl sites for hydroxylation is 4. The molecule has 0 atom stereocenters. The van der Waals surface area contributed by atoms with Crippen molar-refractivity contribution in [1.29, 1.82) is 0 Å². The predicted molar refractivity (Wildman–Crippen MR) is 120 cm³/mol. The SMILES string of the molecule is Cc1cccc(C)c1CNc1cc(N2CCNCC2)cn2c(C)c(C)nc12.Cl. The maximum atomic E-state index is 4.83. The molecule has 1 aromatic carbocycles. The first-order valence-corrected chi connectivity index (χ1v) is 9.78. The fourth-order valence-corrected chi connectivity index (χ4v) is 3.89. The molecule has 0 amide bonds. The summed E-state index contributed by atoms with van der Waals surface area (Å²) in [6.45, 7) is 13.5. The number of imidazole rings is 1. The zero-order valence-corrected chi connectivity index (χ0v) is 18.0. The van der Waals surface area contributed by atoms with E-state index in [0.29, 0.717) is 0 Å². The third kappa shape index (κ3) is 3.82. The Balaban J connectivity index is 0.00000225. The topological polar surface area (TPSA) is 44.6 Å². The summed E-state index contributed by atoms with van der Waals surface area (Å²) >= 11 is 0.